The lowest BCUT2D eigenvalue weighted by Gasteiger charge is -2.17. The van der Waals surface area contributed by atoms with Gasteiger partial charge in [-0.15, -0.1) is 0 Å². The first-order valence-corrected chi connectivity index (χ1v) is 9.55. The number of carbonyl (C=O) groups is 1. The normalized spacial score (nSPS) is 12.1. The number of aromatic nitrogens is 1. The second-order valence-corrected chi connectivity index (χ2v) is 7.37. The SMILES string of the molecule is Cc1cc2[nH]c(C(=O)O)cc2c(C)c1Oc1ccc(O)c(C(O)c2ccc(F)cc2)c1. The van der Waals surface area contributed by atoms with Crippen LogP contribution in [0.3, 0.4) is 0 Å². The topological polar surface area (TPSA) is 103 Å². The van der Waals surface area contributed by atoms with Crippen LogP contribution in [0.5, 0.6) is 17.2 Å². The lowest BCUT2D eigenvalue weighted by Crippen LogP contribution is -2.01. The molecule has 0 aliphatic rings. The van der Waals surface area contributed by atoms with Crippen molar-refractivity contribution in [2.75, 3.05) is 0 Å². The third kappa shape index (κ3) is 3.83. The number of carboxylic acid groups (broad SMARTS) is 1. The second kappa shape index (κ2) is 7.77. The van der Waals surface area contributed by atoms with E-state index in [1.54, 1.807) is 18.2 Å². The first-order chi connectivity index (χ1) is 14.7. The molecule has 158 valence electrons. The molecule has 1 atom stereocenters. The van der Waals surface area contributed by atoms with Crippen molar-refractivity contribution >= 4 is 16.9 Å². The van der Waals surface area contributed by atoms with Crippen molar-refractivity contribution in [2.45, 2.75) is 20.0 Å². The van der Waals surface area contributed by atoms with Crippen molar-refractivity contribution in [3.05, 3.63) is 88.4 Å². The van der Waals surface area contributed by atoms with Crippen LogP contribution in [-0.4, -0.2) is 26.3 Å². The number of halogens is 1. The summed E-state index contributed by atoms with van der Waals surface area (Å²) in [4.78, 5) is 14.2. The molecule has 0 fully saturated rings. The molecule has 1 unspecified atom stereocenters. The van der Waals surface area contributed by atoms with Gasteiger partial charge in [0.1, 0.15) is 34.9 Å². The van der Waals surface area contributed by atoms with Gasteiger partial charge in [0.15, 0.2) is 0 Å². The quantitative estimate of drug-likeness (QED) is 0.355. The van der Waals surface area contributed by atoms with E-state index in [4.69, 9.17) is 4.74 Å². The van der Waals surface area contributed by atoms with Crippen LogP contribution in [0.4, 0.5) is 4.39 Å². The molecule has 4 N–H and O–H groups in total. The number of phenolic OH excluding ortho intramolecular Hbond substituents is 1. The number of aryl methyl sites for hydroxylation is 2. The van der Waals surface area contributed by atoms with Gasteiger partial charge in [0.05, 0.1) is 0 Å². The Morgan fingerprint density at radius 1 is 1.06 bits per heavy atom. The summed E-state index contributed by atoms with van der Waals surface area (Å²) in [6.45, 7) is 3.68. The summed E-state index contributed by atoms with van der Waals surface area (Å²) in [5.74, 6) is -0.655. The van der Waals surface area contributed by atoms with Crippen molar-refractivity contribution in [1.29, 1.82) is 0 Å². The fraction of sp³-hybridized carbons (Fsp3) is 0.125. The van der Waals surface area contributed by atoms with E-state index in [9.17, 15) is 24.5 Å². The maximum absolute atomic E-state index is 13.2. The lowest BCUT2D eigenvalue weighted by molar-refractivity contribution is 0.0691. The number of hydrogen-bond donors (Lipinski definition) is 4. The van der Waals surface area contributed by atoms with Crippen molar-refractivity contribution in [3.8, 4) is 17.2 Å². The lowest BCUT2D eigenvalue weighted by atomic mass is 10.0. The smallest absolute Gasteiger partial charge is 0.352 e. The summed E-state index contributed by atoms with van der Waals surface area (Å²) < 4.78 is 19.3. The van der Waals surface area contributed by atoms with Crippen molar-refractivity contribution in [1.82, 2.24) is 4.98 Å². The molecule has 0 amide bonds. The number of ether oxygens (including phenoxy) is 1. The number of aromatic amines is 1. The molecular formula is C24H20FNO5. The Morgan fingerprint density at radius 3 is 2.45 bits per heavy atom. The van der Waals surface area contributed by atoms with Gasteiger partial charge in [0, 0.05) is 22.0 Å². The highest BCUT2D eigenvalue weighted by atomic mass is 19.1. The average molecular weight is 421 g/mol. The predicted molar refractivity (Wildman–Crippen MR) is 113 cm³/mol. The standard InChI is InChI=1S/C24H20FNO5/c1-12-9-19-17(11-20(26-19)24(29)30)13(2)23(12)31-16-7-8-21(27)18(10-16)22(28)14-3-5-15(25)6-4-14/h3-11,22,26-28H,1-2H3,(H,29,30). The van der Waals surface area contributed by atoms with Gasteiger partial charge in [-0.25, -0.2) is 9.18 Å². The third-order valence-electron chi connectivity index (χ3n) is 5.24. The number of nitrogens with one attached hydrogen (secondary N) is 1. The molecule has 0 bridgehead atoms. The second-order valence-electron chi connectivity index (χ2n) is 7.37. The summed E-state index contributed by atoms with van der Waals surface area (Å²) in [5, 5.41) is 30.9. The Labute approximate surface area is 177 Å². The zero-order chi connectivity index (χ0) is 22.3. The molecule has 0 aliphatic heterocycles. The van der Waals surface area contributed by atoms with Crippen LogP contribution >= 0.6 is 0 Å². The number of benzene rings is 3. The minimum absolute atomic E-state index is 0.0870. The number of phenols is 1. The van der Waals surface area contributed by atoms with E-state index >= 15 is 0 Å². The average Bonchev–Trinajstić information content (AvgIpc) is 3.17. The van der Waals surface area contributed by atoms with Crippen LogP contribution in [0.1, 0.15) is 38.8 Å². The van der Waals surface area contributed by atoms with E-state index < -0.39 is 17.9 Å². The number of hydrogen-bond acceptors (Lipinski definition) is 4. The first-order valence-electron chi connectivity index (χ1n) is 9.55. The fourth-order valence-electron chi connectivity index (χ4n) is 3.62. The highest BCUT2D eigenvalue weighted by Gasteiger charge is 2.18. The van der Waals surface area contributed by atoms with Crippen LogP contribution < -0.4 is 4.74 Å². The number of aromatic carboxylic acids is 1. The molecule has 0 aliphatic carbocycles. The highest BCUT2D eigenvalue weighted by molar-refractivity contribution is 5.96. The van der Waals surface area contributed by atoms with Gasteiger partial charge in [-0.1, -0.05) is 12.1 Å². The predicted octanol–water partition coefficient (Wildman–Crippen LogP) is 5.20. The highest BCUT2D eigenvalue weighted by Crippen LogP contribution is 2.38. The molecule has 1 aromatic heterocycles. The van der Waals surface area contributed by atoms with Crippen molar-refractivity contribution < 1.29 is 29.2 Å². The molecular weight excluding hydrogens is 401 g/mol. The van der Waals surface area contributed by atoms with E-state index in [2.05, 4.69) is 4.98 Å². The molecule has 4 rings (SSSR count). The van der Waals surface area contributed by atoms with Gasteiger partial charge in [-0.2, -0.15) is 0 Å². The van der Waals surface area contributed by atoms with E-state index in [1.165, 1.54) is 36.4 Å². The Balaban J connectivity index is 1.71. The van der Waals surface area contributed by atoms with Gasteiger partial charge in [-0.3, -0.25) is 0 Å². The third-order valence-corrected chi connectivity index (χ3v) is 5.24. The van der Waals surface area contributed by atoms with E-state index in [1.807, 2.05) is 13.8 Å². The Hall–Kier alpha value is -3.84. The molecule has 0 radical (unpaired) electrons. The number of carboxylic acids is 1. The molecule has 3 aromatic carbocycles. The number of H-pyrrole nitrogens is 1. The zero-order valence-electron chi connectivity index (χ0n) is 16.8. The fourth-order valence-corrected chi connectivity index (χ4v) is 3.62. The van der Waals surface area contributed by atoms with Crippen LogP contribution in [0.15, 0.2) is 54.6 Å². The molecule has 0 saturated carbocycles. The monoisotopic (exact) mass is 421 g/mol. The number of aliphatic hydroxyl groups excluding tert-OH is 1. The summed E-state index contributed by atoms with van der Waals surface area (Å²) in [7, 11) is 0. The Bertz CT molecular complexity index is 1290. The number of aliphatic hydroxyl groups is 1. The summed E-state index contributed by atoms with van der Waals surface area (Å²) in [5.41, 5.74) is 2.97. The van der Waals surface area contributed by atoms with E-state index in [0.29, 0.717) is 22.6 Å². The van der Waals surface area contributed by atoms with Gasteiger partial charge in [0.2, 0.25) is 0 Å². The number of fused-ring (bicyclic) bond motifs is 1. The van der Waals surface area contributed by atoms with Gasteiger partial charge < -0.3 is 25.0 Å². The molecule has 4 aromatic rings. The Kier molecular flexibility index (Phi) is 5.12. The van der Waals surface area contributed by atoms with Crippen LogP contribution in [0.2, 0.25) is 0 Å². The van der Waals surface area contributed by atoms with Gasteiger partial charge in [0.25, 0.3) is 0 Å². The summed E-state index contributed by atoms with van der Waals surface area (Å²) in [6.07, 6.45) is -1.17. The van der Waals surface area contributed by atoms with Crippen LogP contribution in [-0.2, 0) is 0 Å². The van der Waals surface area contributed by atoms with Crippen LogP contribution in [0, 0.1) is 19.7 Å². The maximum Gasteiger partial charge on any atom is 0.352 e. The Morgan fingerprint density at radius 2 is 1.77 bits per heavy atom. The summed E-state index contributed by atoms with van der Waals surface area (Å²) in [6, 6.07) is 13.2. The first kappa shape index (κ1) is 20.4. The van der Waals surface area contributed by atoms with Crippen molar-refractivity contribution in [2.24, 2.45) is 0 Å². The molecule has 6 nitrogen and oxygen atoms in total. The maximum atomic E-state index is 13.2. The number of aromatic hydroxyl groups is 1. The van der Waals surface area contributed by atoms with E-state index in [0.717, 1.165) is 16.5 Å². The molecule has 1 heterocycles. The minimum atomic E-state index is -1.17. The van der Waals surface area contributed by atoms with E-state index in [-0.39, 0.29) is 17.0 Å². The van der Waals surface area contributed by atoms with Crippen molar-refractivity contribution in [3.63, 3.8) is 0 Å². The zero-order valence-corrected chi connectivity index (χ0v) is 16.8. The molecule has 0 saturated heterocycles. The molecule has 7 heteroatoms. The molecule has 31 heavy (non-hydrogen) atoms. The minimum Gasteiger partial charge on any atom is -0.508 e. The van der Waals surface area contributed by atoms with Gasteiger partial charge >= 0.3 is 5.97 Å². The van der Waals surface area contributed by atoms with Gasteiger partial charge in [-0.05, 0) is 67.4 Å². The van der Waals surface area contributed by atoms with Crippen LogP contribution in [0.25, 0.3) is 10.9 Å². The molecule has 0 spiro atoms. The number of rotatable bonds is 5. The largest absolute Gasteiger partial charge is 0.508 e. The summed E-state index contributed by atoms with van der Waals surface area (Å²) >= 11 is 0.